The summed E-state index contributed by atoms with van der Waals surface area (Å²) in [6.07, 6.45) is 1.86. The fraction of sp³-hybridized carbons (Fsp3) is 0.231. The Bertz CT molecular complexity index is 542. The van der Waals surface area contributed by atoms with Gasteiger partial charge in [-0.05, 0) is 18.9 Å². The first-order chi connectivity index (χ1) is 8.65. The highest BCUT2D eigenvalue weighted by molar-refractivity contribution is 5.39. The zero-order valence-corrected chi connectivity index (χ0v) is 10.2. The van der Waals surface area contributed by atoms with E-state index >= 15 is 0 Å². The van der Waals surface area contributed by atoms with E-state index in [1.54, 1.807) is 0 Å². The fourth-order valence-corrected chi connectivity index (χ4v) is 1.70. The van der Waals surface area contributed by atoms with Crippen molar-refractivity contribution >= 4 is 11.8 Å². The monoisotopic (exact) mass is 246 g/mol. The molecule has 1 aromatic carbocycles. The molecule has 5 heteroatoms. The quantitative estimate of drug-likeness (QED) is 0.867. The minimum atomic E-state index is -0.492. The van der Waals surface area contributed by atoms with Gasteiger partial charge in [-0.25, -0.2) is 9.37 Å². The van der Waals surface area contributed by atoms with Crippen molar-refractivity contribution in [3.63, 3.8) is 0 Å². The second kappa shape index (κ2) is 5.44. The maximum absolute atomic E-state index is 13.3. The molecule has 0 aliphatic heterocycles. The molecule has 94 valence electrons. The molecule has 1 heterocycles. The lowest BCUT2D eigenvalue weighted by atomic mass is 10.1. The number of hydrogen-bond donors (Lipinski definition) is 2. The van der Waals surface area contributed by atoms with Crippen molar-refractivity contribution in [1.29, 1.82) is 0 Å². The van der Waals surface area contributed by atoms with Crippen molar-refractivity contribution in [2.75, 3.05) is 17.6 Å². The van der Waals surface area contributed by atoms with Crippen LogP contribution in [-0.4, -0.2) is 16.5 Å². The summed E-state index contributed by atoms with van der Waals surface area (Å²) in [6.45, 7) is 2.64. The molecule has 0 aliphatic carbocycles. The van der Waals surface area contributed by atoms with Crippen LogP contribution in [0.4, 0.5) is 16.2 Å². The molecule has 18 heavy (non-hydrogen) atoms. The van der Waals surface area contributed by atoms with E-state index < -0.39 is 5.82 Å². The third kappa shape index (κ3) is 3.16. The number of hydrogen-bond acceptors (Lipinski definition) is 4. The molecule has 2 rings (SSSR count). The van der Waals surface area contributed by atoms with E-state index in [1.165, 1.54) is 11.1 Å². The van der Waals surface area contributed by atoms with E-state index in [4.69, 9.17) is 5.73 Å². The lowest BCUT2D eigenvalue weighted by Gasteiger charge is -2.07. The molecular formula is C13H15FN4. The number of benzene rings is 1. The maximum atomic E-state index is 13.3. The summed E-state index contributed by atoms with van der Waals surface area (Å²) in [5.74, 6) is -0.280. The van der Waals surface area contributed by atoms with Crippen molar-refractivity contribution in [3.8, 4) is 0 Å². The first kappa shape index (κ1) is 12.3. The molecule has 0 amide bonds. The van der Waals surface area contributed by atoms with Gasteiger partial charge in [0.25, 0.3) is 0 Å². The van der Waals surface area contributed by atoms with Crippen LogP contribution in [0.3, 0.4) is 0 Å². The summed E-state index contributed by atoms with van der Waals surface area (Å²) >= 11 is 0. The third-order valence-corrected chi connectivity index (χ3v) is 2.55. The number of nitrogens with zero attached hydrogens (tertiary/aromatic N) is 2. The van der Waals surface area contributed by atoms with Crippen LogP contribution in [0, 0.1) is 12.7 Å². The van der Waals surface area contributed by atoms with Crippen molar-refractivity contribution in [2.24, 2.45) is 0 Å². The van der Waals surface area contributed by atoms with Gasteiger partial charge in [-0.15, -0.1) is 0 Å². The molecule has 0 aliphatic rings. The van der Waals surface area contributed by atoms with E-state index in [-0.39, 0.29) is 11.8 Å². The zero-order valence-electron chi connectivity index (χ0n) is 10.2. The number of aryl methyl sites for hydroxylation is 1. The van der Waals surface area contributed by atoms with Gasteiger partial charge in [0.2, 0.25) is 5.95 Å². The Kier molecular flexibility index (Phi) is 3.72. The van der Waals surface area contributed by atoms with Crippen molar-refractivity contribution in [3.05, 3.63) is 47.4 Å². The smallest absolute Gasteiger partial charge is 0.222 e. The molecule has 0 saturated carbocycles. The number of anilines is 2. The summed E-state index contributed by atoms with van der Waals surface area (Å²) in [4.78, 5) is 7.37. The normalized spacial score (nSPS) is 10.3. The van der Waals surface area contributed by atoms with E-state index in [0.29, 0.717) is 6.54 Å². The highest BCUT2D eigenvalue weighted by Crippen LogP contribution is 2.10. The highest BCUT2D eigenvalue weighted by Gasteiger charge is 2.04. The van der Waals surface area contributed by atoms with Crippen LogP contribution in [0.1, 0.15) is 11.1 Å². The van der Waals surface area contributed by atoms with Gasteiger partial charge in [0.15, 0.2) is 11.6 Å². The van der Waals surface area contributed by atoms with Crippen LogP contribution in [0.2, 0.25) is 0 Å². The van der Waals surface area contributed by atoms with Crippen molar-refractivity contribution in [1.82, 2.24) is 9.97 Å². The average Bonchev–Trinajstić information content (AvgIpc) is 2.34. The van der Waals surface area contributed by atoms with Gasteiger partial charge in [-0.2, -0.15) is 4.98 Å². The van der Waals surface area contributed by atoms with Gasteiger partial charge in [0.05, 0.1) is 6.20 Å². The zero-order chi connectivity index (χ0) is 13.0. The standard InChI is InChI=1S/C13H15FN4/c1-9-3-2-4-10(7-9)5-6-16-12-11(14)8-17-13(15)18-12/h2-4,7-8H,5-6H2,1H3,(H3,15,16,17,18). The minimum Gasteiger partial charge on any atom is -0.368 e. The number of nitrogens with one attached hydrogen (secondary N) is 1. The first-order valence-corrected chi connectivity index (χ1v) is 5.72. The average molecular weight is 246 g/mol. The van der Waals surface area contributed by atoms with Gasteiger partial charge < -0.3 is 11.1 Å². The number of rotatable bonds is 4. The van der Waals surface area contributed by atoms with E-state index in [2.05, 4.69) is 21.4 Å². The molecule has 0 fully saturated rings. The van der Waals surface area contributed by atoms with E-state index in [9.17, 15) is 4.39 Å². The lowest BCUT2D eigenvalue weighted by molar-refractivity contribution is 0.617. The van der Waals surface area contributed by atoms with E-state index in [0.717, 1.165) is 12.6 Å². The van der Waals surface area contributed by atoms with Crippen LogP contribution < -0.4 is 11.1 Å². The minimum absolute atomic E-state index is 0.0643. The van der Waals surface area contributed by atoms with Crippen molar-refractivity contribution in [2.45, 2.75) is 13.3 Å². The number of nitrogens with two attached hydrogens (primary N) is 1. The van der Waals surface area contributed by atoms with Gasteiger partial charge in [-0.3, -0.25) is 0 Å². The molecule has 4 nitrogen and oxygen atoms in total. The highest BCUT2D eigenvalue weighted by atomic mass is 19.1. The molecule has 0 radical (unpaired) electrons. The van der Waals surface area contributed by atoms with Gasteiger partial charge >= 0.3 is 0 Å². The second-order valence-corrected chi connectivity index (χ2v) is 4.09. The molecule has 0 atom stereocenters. The predicted octanol–water partition coefficient (Wildman–Crippen LogP) is 2.16. The lowest BCUT2D eigenvalue weighted by Crippen LogP contribution is -2.10. The topological polar surface area (TPSA) is 63.8 Å². The van der Waals surface area contributed by atoms with Gasteiger partial charge in [-0.1, -0.05) is 29.8 Å². The molecule has 1 aromatic heterocycles. The Morgan fingerprint density at radius 3 is 3.00 bits per heavy atom. The fourth-order valence-electron chi connectivity index (χ4n) is 1.70. The third-order valence-electron chi connectivity index (χ3n) is 2.55. The summed E-state index contributed by atoms with van der Waals surface area (Å²) in [6, 6.07) is 8.20. The second-order valence-electron chi connectivity index (χ2n) is 4.09. The Balaban J connectivity index is 1.94. The first-order valence-electron chi connectivity index (χ1n) is 5.72. The Hall–Kier alpha value is -2.17. The Labute approximate surface area is 105 Å². The number of halogens is 1. The Morgan fingerprint density at radius 2 is 2.22 bits per heavy atom. The van der Waals surface area contributed by atoms with Crippen LogP contribution >= 0.6 is 0 Å². The van der Waals surface area contributed by atoms with Gasteiger partial charge in [0, 0.05) is 6.54 Å². The molecule has 3 N–H and O–H groups in total. The largest absolute Gasteiger partial charge is 0.368 e. The molecule has 0 bridgehead atoms. The van der Waals surface area contributed by atoms with Crippen LogP contribution in [0.15, 0.2) is 30.5 Å². The Morgan fingerprint density at radius 1 is 1.39 bits per heavy atom. The van der Waals surface area contributed by atoms with Crippen LogP contribution in [0.5, 0.6) is 0 Å². The summed E-state index contributed by atoms with van der Waals surface area (Å²) in [5.41, 5.74) is 7.81. The summed E-state index contributed by atoms with van der Waals surface area (Å²) in [7, 11) is 0. The molecule has 2 aromatic rings. The predicted molar refractivity (Wildman–Crippen MR) is 69.8 cm³/mol. The van der Waals surface area contributed by atoms with Crippen molar-refractivity contribution < 1.29 is 4.39 Å². The number of aromatic nitrogens is 2. The number of nitrogen functional groups attached to an aromatic ring is 1. The molecule has 0 saturated heterocycles. The molecule has 0 spiro atoms. The molecular weight excluding hydrogens is 231 g/mol. The maximum Gasteiger partial charge on any atom is 0.222 e. The van der Waals surface area contributed by atoms with Crippen LogP contribution in [-0.2, 0) is 6.42 Å². The summed E-state index contributed by atoms with van der Waals surface area (Å²) < 4.78 is 13.3. The van der Waals surface area contributed by atoms with Crippen LogP contribution in [0.25, 0.3) is 0 Å². The SMILES string of the molecule is Cc1cccc(CCNc2nc(N)ncc2F)c1. The summed E-state index contributed by atoms with van der Waals surface area (Å²) in [5, 5.41) is 2.92. The van der Waals surface area contributed by atoms with Gasteiger partial charge in [0.1, 0.15) is 0 Å². The van der Waals surface area contributed by atoms with E-state index in [1.807, 2.05) is 25.1 Å². The molecule has 0 unspecified atom stereocenters.